The van der Waals surface area contributed by atoms with Gasteiger partial charge in [-0.2, -0.15) is 64.2 Å². The van der Waals surface area contributed by atoms with Crippen LogP contribution in [0.25, 0.3) is 0 Å². The number of benzene rings is 3. The summed E-state index contributed by atoms with van der Waals surface area (Å²) in [7, 11) is 4.99. The molecule has 0 saturated carbocycles. The Labute approximate surface area is 306 Å². The molecule has 0 spiro atoms. The number of rotatable bonds is 3. The van der Waals surface area contributed by atoms with Gasteiger partial charge in [0.2, 0.25) is 0 Å². The molecule has 0 bridgehead atoms. The number of methoxy groups -OCH3 is 3. The molecule has 244 valence electrons. The monoisotopic (exact) mass is 710 g/mol. The second-order valence-corrected chi connectivity index (χ2v) is 9.76. The molecule has 0 aliphatic heterocycles. The Morgan fingerprint density at radius 2 is 0.818 bits per heavy atom. The average Bonchev–Trinajstić information content (AvgIpc) is 3.15. The summed E-state index contributed by atoms with van der Waals surface area (Å²) in [6.07, 6.45) is 3.36. The van der Waals surface area contributed by atoms with Crippen LogP contribution < -0.4 is 51.4 Å². The fourth-order valence-corrected chi connectivity index (χ4v) is 3.76. The van der Waals surface area contributed by atoms with E-state index in [1.54, 1.807) is 21.3 Å². The van der Waals surface area contributed by atoms with Gasteiger partial charge in [-0.05, 0) is 11.0 Å². The molecule has 1 atom stereocenters. The van der Waals surface area contributed by atoms with Crippen LogP contribution in [0.1, 0.15) is 61.1 Å². The van der Waals surface area contributed by atoms with Gasteiger partial charge in [-0.15, -0.1) is 41.8 Å². The van der Waals surface area contributed by atoms with Crippen LogP contribution in [0, 0.1) is 71.7 Å². The van der Waals surface area contributed by atoms with Gasteiger partial charge < -0.3 is 51.4 Å². The zero-order valence-electron chi connectivity index (χ0n) is 28.9. The molecule has 3 nitrogen and oxygen atoms in total. The van der Waals surface area contributed by atoms with E-state index in [-0.39, 0.29) is 69.9 Å². The minimum absolute atomic E-state index is 0. The van der Waals surface area contributed by atoms with Crippen LogP contribution in [-0.4, -0.2) is 32.3 Å². The maximum atomic E-state index is 5.07. The van der Waals surface area contributed by atoms with E-state index in [1.165, 1.54) is 50.1 Å². The van der Waals surface area contributed by atoms with E-state index in [0.29, 0.717) is 5.92 Å². The predicted molar refractivity (Wildman–Crippen MR) is 174 cm³/mol. The smallest absolute Gasteiger partial charge is 1.00 e. The van der Waals surface area contributed by atoms with Crippen LogP contribution in [0.4, 0.5) is 0 Å². The molecular formula is C36H49Cl3O3SiTi-4. The third-order valence-corrected chi connectivity index (χ3v) is 7.29. The van der Waals surface area contributed by atoms with E-state index in [9.17, 15) is 0 Å². The van der Waals surface area contributed by atoms with Gasteiger partial charge in [0.15, 0.2) is 0 Å². The minimum atomic E-state index is 0. The maximum Gasteiger partial charge on any atom is 3.00 e. The number of allylic oxidation sites excluding steroid dienone is 4. The van der Waals surface area contributed by atoms with Gasteiger partial charge in [0.25, 0.3) is 0 Å². The Kier molecular flexibility index (Phi) is 31.3. The summed E-state index contributed by atoms with van der Waals surface area (Å²) in [5.74, 6) is 3.10. The quantitative estimate of drug-likeness (QED) is 0.255. The molecule has 0 fully saturated rings. The number of hydrogen-bond acceptors (Lipinski definition) is 3. The van der Waals surface area contributed by atoms with Crippen LogP contribution in [0.5, 0.6) is 17.2 Å². The third-order valence-electron chi connectivity index (χ3n) is 7.29. The molecule has 44 heavy (non-hydrogen) atoms. The Morgan fingerprint density at radius 1 is 0.545 bits per heavy atom. The van der Waals surface area contributed by atoms with E-state index in [1.807, 2.05) is 57.2 Å². The zero-order chi connectivity index (χ0) is 29.7. The third kappa shape index (κ3) is 16.1. The molecule has 3 aromatic carbocycles. The first-order chi connectivity index (χ1) is 18.4. The van der Waals surface area contributed by atoms with Gasteiger partial charge in [-0.3, -0.25) is 6.08 Å². The number of aryl methyl sites for hydroxylation is 3. The number of hydrogen-bond donors (Lipinski definition) is 0. The largest absolute Gasteiger partial charge is 3.00 e. The van der Waals surface area contributed by atoms with Crippen molar-refractivity contribution in [2.45, 2.75) is 69.2 Å². The predicted octanol–water partition coefficient (Wildman–Crippen LogP) is -1.12. The first-order valence-electron chi connectivity index (χ1n) is 13.2. The van der Waals surface area contributed by atoms with Gasteiger partial charge in [-0.1, -0.05) is 68.2 Å². The first kappa shape index (κ1) is 51.9. The molecule has 0 N–H and O–H groups in total. The Morgan fingerprint density at radius 3 is 0.955 bits per heavy atom. The van der Waals surface area contributed by atoms with Crippen LogP contribution in [0.15, 0.2) is 53.1 Å². The van der Waals surface area contributed by atoms with Crippen molar-refractivity contribution in [2.24, 2.45) is 5.92 Å². The van der Waals surface area contributed by atoms with Gasteiger partial charge in [-0.25, -0.2) is 5.57 Å². The SMILES string of the molecule is CC1=[C-]C(C)C(C)=C1C.COc1[c-]ccc(C)c1C.COc1[c-]ccc(C)c1C.COc1[c-]ccc(C)c1C.[Cl-].[Cl-].[Cl-].[SiH3].[Ti+3]. The van der Waals surface area contributed by atoms with E-state index >= 15 is 0 Å². The number of halogens is 3. The molecule has 0 saturated heterocycles. The molecule has 1 unspecified atom stereocenters. The van der Waals surface area contributed by atoms with Crippen molar-refractivity contribution >= 4 is 11.0 Å². The normalized spacial score (nSPS) is 12.0. The molecule has 4 rings (SSSR count). The van der Waals surface area contributed by atoms with E-state index < -0.39 is 0 Å². The average molecular weight is 712 g/mol. The van der Waals surface area contributed by atoms with Crippen molar-refractivity contribution in [3.8, 4) is 17.2 Å². The standard InChI is InChI=1S/3C9H11O.C9H13.3ClH.H3Si.Ti/c3*1-7-5-4-6-9(10-3)8(7)2;1-6-5-7(2)9(4)8(6)3;;;;;/h3*4-5H,1-3H3;6H,1-4H3;3*1H;1H3;/q4*-1;;;;;+3/p-3. The fourth-order valence-electron chi connectivity index (χ4n) is 3.76. The Balaban J connectivity index is -0.000000148. The van der Waals surface area contributed by atoms with Gasteiger partial charge in [0.1, 0.15) is 0 Å². The van der Waals surface area contributed by atoms with Crippen molar-refractivity contribution in [3.05, 3.63) is 111 Å². The van der Waals surface area contributed by atoms with Crippen LogP contribution in [0.2, 0.25) is 0 Å². The van der Waals surface area contributed by atoms with Crippen molar-refractivity contribution in [1.29, 1.82) is 0 Å². The molecule has 8 heteroatoms. The number of ether oxygens (including phenoxy) is 3. The van der Waals surface area contributed by atoms with E-state index in [2.05, 4.69) is 72.7 Å². The summed E-state index contributed by atoms with van der Waals surface area (Å²) in [5.41, 5.74) is 11.5. The molecule has 1 aliphatic rings. The molecule has 2 radical (unpaired) electrons. The summed E-state index contributed by atoms with van der Waals surface area (Å²) < 4.78 is 15.2. The molecular weight excluding hydrogens is 663 g/mol. The molecule has 0 amide bonds. The second kappa shape index (κ2) is 26.5. The maximum absolute atomic E-state index is 5.07. The van der Waals surface area contributed by atoms with Crippen molar-refractivity contribution < 1.29 is 73.1 Å². The zero-order valence-corrected chi connectivity index (χ0v) is 34.7. The Hall–Kier alpha value is -1.66. The second-order valence-electron chi connectivity index (χ2n) is 9.76. The molecule has 3 aromatic rings. The molecule has 0 heterocycles. The summed E-state index contributed by atoms with van der Waals surface area (Å²) in [4.78, 5) is 0. The van der Waals surface area contributed by atoms with Crippen molar-refractivity contribution in [3.63, 3.8) is 0 Å². The van der Waals surface area contributed by atoms with Crippen LogP contribution >= 0.6 is 0 Å². The Bertz CT molecular complexity index is 1170. The van der Waals surface area contributed by atoms with Crippen molar-refractivity contribution in [1.82, 2.24) is 0 Å². The fraction of sp³-hybridized carbons (Fsp3) is 0.389. The first-order valence-corrected chi connectivity index (χ1v) is 13.2. The minimum Gasteiger partial charge on any atom is -1.00 e. The molecule has 0 aromatic heterocycles. The van der Waals surface area contributed by atoms with Gasteiger partial charge in [0.05, 0.1) is 21.3 Å². The summed E-state index contributed by atoms with van der Waals surface area (Å²) in [6.45, 7) is 20.9. The summed E-state index contributed by atoms with van der Waals surface area (Å²) >= 11 is 0. The summed E-state index contributed by atoms with van der Waals surface area (Å²) in [5, 5.41) is 0. The van der Waals surface area contributed by atoms with E-state index in [4.69, 9.17) is 14.2 Å². The summed E-state index contributed by atoms with van der Waals surface area (Å²) in [6, 6.07) is 20.7. The van der Waals surface area contributed by atoms with Crippen molar-refractivity contribution in [2.75, 3.05) is 21.3 Å². The van der Waals surface area contributed by atoms with Crippen LogP contribution in [-0.2, 0) is 21.7 Å². The van der Waals surface area contributed by atoms with Gasteiger partial charge in [0, 0.05) is 17.2 Å². The molecule has 1 aliphatic carbocycles. The van der Waals surface area contributed by atoms with Crippen LogP contribution in [0.3, 0.4) is 0 Å². The topological polar surface area (TPSA) is 27.7 Å². The van der Waals surface area contributed by atoms with E-state index in [0.717, 1.165) is 17.2 Å². The van der Waals surface area contributed by atoms with Gasteiger partial charge >= 0.3 is 21.7 Å².